The summed E-state index contributed by atoms with van der Waals surface area (Å²) in [5.41, 5.74) is 3.14. The quantitative estimate of drug-likeness (QED) is 0.302. The van der Waals surface area contributed by atoms with Crippen LogP contribution in [0.15, 0.2) is 47.5 Å². The molecule has 0 aliphatic carbocycles. The van der Waals surface area contributed by atoms with Crippen molar-refractivity contribution in [1.29, 1.82) is 0 Å². The van der Waals surface area contributed by atoms with E-state index in [1.165, 1.54) is 5.56 Å². The van der Waals surface area contributed by atoms with E-state index < -0.39 is 8.07 Å². The van der Waals surface area contributed by atoms with E-state index >= 15 is 0 Å². The van der Waals surface area contributed by atoms with E-state index in [1.54, 1.807) is 7.11 Å². The molecule has 1 saturated heterocycles. The summed E-state index contributed by atoms with van der Waals surface area (Å²) in [7, 11) is 0.379. The van der Waals surface area contributed by atoms with Crippen LogP contribution in [-0.4, -0.2) is 62.9 Å². The molecule has 186 valence electrons. The Kier molecular flexibility index (Phi) is 10.3. The molecule has 1 aromatic carbocycles. The van der Waals surface area contributed by atoms with Crippen LogP contribution in [-0.2, 0) is 22.6 Å². The highest BCUT2D eigenvalue weighted by atomic mass is 28.3. The van der Waals surface area contributed by atoms with E-state index in [0.717, 1.165) is 56.4 Å². The molecule has 1 aliphatic rings. The first-order valence-electron chi connectivity index (χ1n) is 12.4. The minimum absolute atomic E-state index is 0.154. The third-order valence-corrected chi connectivity index (χ3v) is 7.07. The van der Waals surface area contributed by atoms with E-state index in [2.05, 4.69) is 66.8 Å². The van der Waals surface area contributed by atoms with Crippen molar-refractivity contribution in [2.75, 3.05) is 26.4 Å². The molecule has 0 spiro atoms. The molecule has 0 bridgehead atoms. The van der Waals surface area contributed by atoms with Gasteiger partial charge < -0.3 is 14.2 Å². The maximum atomic E-state index is 6.00. The van der Waals surface area contributed by atoms with Gasteiger partial charge in [0.1, 0.15) is 0 Å². The molecule has 34 heavy (non-hydrogen) atoms. The fourth-order valence-corrected chi connectivity index (χ4v) is 5.76. The smallest absolute Gasteiger partial charge is 0.213 e. The van der Waals surface area contributed by atoms with Gasteiger partial charge in [-0.2, -0.15) is 0 Å². The number of aliphatic imine (C=N–C) groups is 1. The summed E-state index contributed by atoms with van der Waals surface area (Å²) >= 11 is 0. The van der Waals surface area contributed by atoms with Gasteiger partial charge in [0, 0.05) is 37.5 Å². The second-order valence-electron chi connectivity index (χ2n) is 10.3. The molecule has 1 aliphatic heterocycles. The zero-order chi connectivity index (χ0) is 24.4. The van der Waals surface area contributed by atoms with Crippen molar-refractivity contribution in [2.24, 2.45) is 4.99 Å². The molecule has 1 unspecified atom stereocenters. The summed E-state index contributed by atoms with van der Waals surface area (Å²) in [4.78, 5) is 12.1. The molecule has 1 fully saturated rings. The van der Waals surface area contributed by atoms with Gasteiger partial charge >= 0.3 is 0 Å². The number of benzene rings is 1. The van der Waals surface area contributed by atoms with Crippen LogP contribution < -0.4 is 4.74 Å². The zero-order valence-electron chi connectivity index (χ0n) is 21.5. The predicted molar refractivity (Wildman–Crippen MR) is 141 cm³/mol. The van der Waals surface area contributed by atoms with Crippen LogP contribution in [0.5, 0.6) is 5.88 Å². The Morgan fingerprint density at radius 3 is 2.65 bits per heavy atom. The van der Waals surface area contributed by atoms with Crippen molar-refractivity contribution in [3.05, 3.63) is 59.3 Å². The van der Waals surface area contributed by atoms with Gasteiger partial charge in [-0.05, 0) is 44.0 Å². The maximum Gasteiger partial charge on any atom is 0.213 e. The van der Waals surface area contributed by atoms with Crippen LogP contribution in [0.1, 0.15) is 43.0 Å². The van der Waals surface area contributed by atoms with Crippen LogP contribution in [0.3, 0.4) is 0 Å². The number of rotatable bonds is 12. The molecule has 0 radical (unpaired) electrons. The number of aromatic nitrogens is 1. The Morgan fingerprint density at radius 2 is 1.97 bits per heavy atom. The first-order chi connectivity index (χ1) is 16.3. The van der Waals surface area contributed by atoms with Crippen molar-refractivity contribution in [2.45, 2.75) is 71.3 Å². The Labute approximate surface area is 206 Å². The maximum absolute atomic E-state index is 6.00. The SMILES string of the molecule is COc1ccc(C=N[C@H](C)CN(Cc2ccccc2)C[Si](C)(C)C)c(COC2CCCCO2)n1. The van der Waals surface area contributed by atoms with E-state index in [0.29, 0.717) is 12.5 Å². The van der Waals surface area contributed by atoms with E-state index in [-0.39, 0.29) is 12.3 Å². The normalized spacial score (nSPS) is 17.9. The Bertz CT molecular complexity index is 896. The van der Waals surface area contributed by atoms with Crippen LogP contribution >= 0.6 is 0 Å². The number of hydrogen-bond donors (Lipinski definition) is 0. The fraction of sp³-hybridized carbons (Fsp3) is 0.556. The third-order valence-electron chi connectivity index (χ3n) is 5.67. The Morgan fingerprint density at radius 1 is 1.18 bits per heavy atom. The number of nitrogens with zero attached hydrogens (tertiary/aromatic N) is 3. The van der Waals surface area contributed by atoms with Gasteiger partial charge in [0.15, 0.2) is 6.29 Å². The summed E-state index contributed by atoms with van der Waals surface area (Å²) in [5, 5.41) is 0. The standard InChI is InChI=1S/C27H41N3O3Si/c1-22(18-30(21-34(3,4)5)19-23-11-7-6-8-12-23)28-17-24-14-15-26(31-2)29-25(24)20-33-27-13-9-10-16-32-27/h6-8,11-12,14-15,17,22,27H,9-10,13,16,18-21H2,1-5H3/t22-,27?/m1/s1. The summed E-state index contributed by atoms with van der Waals surface area (Å²) in [6, 6.07) is 14.8. The summed E-state index contributed by atoms with van der Waals surface area (Å²) in [6.45, 7) is 12.5. The molecule has 2 aromatic rings. The van der Waals surface area contributed by atoms with Gasteiger partial charge in [-0.25, -0.2) is 4.98 Å². The molecule has 2 heterocycles. The summed E-state index contributed by atoms with van der Waals surface area (Å²) in [5.74, 6) is 0.581. The second-order valence-corrected chi connectivity index (χ2v) is 15.8. The van der Waals surface area contributed by atoms with Gasteiger partial charge in [0.05, 0.1) is 33.5 Å². The first kappa shape index (κ1) is 26.5. The van der Waals surface area contributed by atoms with Crippen LogP contribution in [0.4, 0.5) is 0 Å². The largest absolute Gasteiger partial charge is 0.481 e. The highest BCUT2D eigenvalue weighted by molar-refractivity contribution is 6.76. The molecule has 7 heteroatoms. The van der Waals surface area contributed by atoms with E-state index in [4.69, 9.17) is 19.2 Å². The van der Waals surface area contributed by atoms with Crippen LogP contribution in [0, 0.1) is 0 Å². The number of methoxy groups -OCH3 is 1. The van der Waals surface area contributed by atoms with Crippen molar-refractivity contribution in [1.82, 2.24) is 9.88 Å². The molecule has 6 nitrogen and oxygen atoms in total. The Balaban J connectivity index is 1.66. The van der Waals surface area contributed by atoms with Gasteiger partial charge in [-0.15, -0.1) is 0 Å². The minimum Gasteiger partial charge on any atom is -0.481 e. The van der Waals surface area contributed by atoms with Crippen molar-refractivity contribution < 1.29 is 14.2 Å². The van der Waals surface area contributed by atoms with Crippen LogP contribution in [0.2, 0.25) is 19.6 Å². The lowest BCUT2D eigenvalue weighted by Crippen LogP contribution is -2.42. The van der Waals surface area contributed by atoms with Gasteiger partial charge in [-0.1, -0.05) is 50.0 Å². The van der Waals surface area contributed by atoms with Gasteiger partial charge in [0.25, 0.3) is 0 Å². The molecular formula is C27H41N3O3Si. The van der Waals surface area contributed by atoms with Crippen molar-refractivity contribution in [3.8, 4) is 5.88 Å². The van der Waals surface area contributed by atoms with Gasteiger partial charge in [-0.3, -0.25) is 9.89 Å². The monoisotopic (exact) mass is 483 g/mol. The zero-order valence-corrected chi connectivity index (χ0v) is 22.5. The van der Waals surface area contributed by atoms with E-state index in [1.807, 2.05) is 18.3 Å². The Hall–Kier alpha value is -2.06. The fourth-order valence-electron chi connectivity index (χ4n) is 4.18. The summed E-state index contributed by atoms with van der Waals surface area (Å²) < 4.78 is 17.0. The number of pyridine rings is 1. The lowest BCUT2D eigenvalue weighted by Gasteiger charge is -2.30. The minimum atomic E-state index is -1.25. The topological polar surface area (TPSA) is 56.2 Å². The number of ether oxygens (including phenoxy) is 3. The van der Waals surface area contributed by atoms with Crippen molar-refractivity contribution >= 4 is 14.3 Å². The second kappa shape index (κ2) is 13.1. The molecule has 3 rings (SSSR count). The van der Waals surface area contributed by atoms with Crippen LogP contribution in [0.25, 0.3) is 0 Å². The molecule has 2 atom stereocenters. The first-order valence-corrected chi connectivity index (χ1v) is 16.1. The summed E-state index contributed by atoms with van der Waals surface area (Å²) in [6.07, 6.45) is 6.10. The van der Waals surface area contributed by atoms with Crippen molar-refractivity contribution in [3.63, 3.8) is 0 Å². The molecular weight excluding hydrogens is 442 g/mol. The highest BCUT2D eigenvalue weighted by Gasteiger charge is 2.20. The molecule has 1 aromatic heterocycles. The van der Waals surface area contributed by atoms with E-state index in [9.17, 15) is 0 Å². The third kappa shape index (κ3) is 9.29. The highest BCUT2D eigenvalue weighted by Crippen LogP contribution is 2.18. The molecule has 0 saturated carbocycles. The average Bonchev–Trinajstić information content (AvgIpc) is 2.82. The van der Waals surface area contributed by atoms with Gasteiger partial charge in [0.2, 0.25) is 5.88 Å². The molecule has 0 amide bonds. The average molecular weight is 484 g/mol. The number of hydrogen-bond acceptors (Lipinski definition) is 6. The lowest BCUT2D eigenvalue weighted by atomic mass is 10.2. The lowest BCUT2D eigenvalue weighted by molar-refractivity contribution is -0.169. The predicted octanol–water partition coefficient (Wildman–Crippen LogP) is 5.32. The molecule has 0 N–H and O–H groups in total.